The summed E-state index contributed by atoms with van der Waals surface area (Å²) in [5.74, 6) is 0.0154. The predicted octanol–water partition coefficient (Wildman–Crippen LogP) is 5.16. The summed E-state index contributed by atoms with van der Waals surface area (Å²) in [4.78, 5) is 16.6. The van der Waals surface area contributed by atoms with E-state index in [4.69, 9.17) is 4.74 Å². The van der Waals surface area contributed by atoms with Gasteiger partial charge in [0.2, 0.25) is 0 Å². The first kappa shape index (κ1) is 17.6. The third kappa shape index (κ3) is 3.99. The Kier molecular flexibility index (Phi) is 5.12. The van der Waals surface area contributed by atoms with E-state index in [0.717, 1.165) is 41.4 Å². The summed E-state index contributed by atoms with van der Waals surface area (Å²) >= 11 is 0. The van der Waals surface area contributed by atoms with Crippen LogP contribution in [0.25, 0.3) is 17.0 Å². The van der Waals surface area contributed by atoms with Crippen molar-refractivity contribution in [3.63, 3.8) is 0 Å². The molecule has 4 rings (SSSR count). The SMILES string of the molecule is CCc1ccc(CCC=Cc2ccc3cc4c(nc3c2)COCC4=O)cc1. The fourth-order valence-corrected chi connectivity index (χ4v) is 3.41. The van der Waals surface area contributed by atoms with Crippen LogP contribution in [0.15, 0.2) is 54.6 Å². The highest BCUT2D eigenvalue weighted by Gasteiger charge is 2.19. The number of nitrogens with zero attached hydrogens (tertiary/aromatic N) is 1. The molecule has 0 saturated carbocycles. The summed E-state index contributed by atoms with van der Waals surface area (Å²) in [5, 5.41) is 0.997. The first-order valence-electron chi connectivity index (χ1n) is 9.52. The normalized spacial score (nSPS) is 14.0. The highest BCUT2D eigenvalue weighted by molar-refractivity contribution is 6.01. The standard InChI is InChI=1S/C24H23NO2/c1-2-17-7-9-18(10-8-17)5-3-4-6-19-11-12-20-14-21-23(25-22(20)13-19)15-27-16-24(21)26/h4,6-14H,2-3,5,15-16H2,1H3. The van der Waals surface area contributed by atoms with Crippen molar-refractivity contribution >= 4 is 22.8 Å². The molecular formula is C24H23NO2. The summed E-state index contributed by atoms with van der Waals surface area (Å²) in [6, 6.07) is 17.0. The van der Waals surface area contributed by atoms with Gasteiger partial charge in [-0.3, -0.25) is 4.79 Å². The largest absolute Gasteiger partial charge is 0.367 e. The maximum Gasteiger partial charge on any atom is 0.190 e. The number of fused-ring (bicyclic) bond motifs is 2. The van der Waals surface area contributed by atoms with E-state index < -0.39 is 0 Å². The number of ether oxygens (including phenoxy) is 1. The number of rotatable bonds is 5. The molecule has 0 radical (unpaired) electrons. The lowest BCUT2D eigenvalue weighted by Gasteiger charge is -2.15. The minimum Gasteiger partial charge on any atom is -0.367 e. The Balaban J connectivity index is 1.46. The van der Waals surface area contributed by atoms with Gasteiger partial charge >= 0.3 is 0 Å². The number of aryl methyl sites for hydroxylation is 2. The van der Waals surface area contributed by atoms with Gasteiger partial charge in [-0.2, -0.15) is 0 Å². The first-order chi connectivity index (χ1) is 13.2. The molecule has 0 aliphatic carbocycles. The molecule has 0 spiro atoms. The van der Waals surface area contributed by atoms with Crippen molar-refractivity contribution in [2.75, 3.05) is 6.61 Å². The monoisotopic (exact) mass is 357 g/mol. The fourth-order valence-electron chi connectivity index (χ4n) is 3.41. The van der Waals surface area contributed by atoms with E-state index in [1.807, 2.05) is 12.1 Å². The minimum atomic E-state index is 0.0154. The molecule has 0 amide bonds. The lowest BCUT2D eigenvalue weighted by Crippen LogP contribution is -2.19. The molecule has 1 aliphatic rings. The predicted molar refractivity (Wildman–Crippen MR) is 109 cm³/mol. The van der Waals surface area contributed by atoms with Crippen LogP contribution >= 0.6 is 0 Å². The highest BCUT2D eigenvalue weighted by Crippen LogP contribution is 2.22. The van der Waals surface area contributed by atoms with Crippen molar-refractivity contribution in [2.24, 2.45) is 0 Å². The second-order valence-corrected chi connectivity index (χ2v) is 6.96. The molecule has 3 aromatic rings. The van der Waals surface area contributed by atoms with Crippen LogP contribution in [0.2, 0.25) is 0 Å². The Morgan fingerprint density at radius 1 is 1.04 bits per heavy atom. The van der Waals surface area contributed by atoms with Gasteiger partial charge in [0.15, 0.2) is 5.78 Å². The Hall–Kier alpha value is -2.78. The molecular weight excluding hydrogens is 334 g/mol. The third-order valence-electron chi connectivity index (χ3n) is 5.03. The summed E-state index contributed by atoms with van der Waals surface area (Å²) in [6.45, 7) is 2.74. The molecule has 27 heavy (non-hydrogen) atoms. The Bertz CT molecular complexity index is 1000. The van der Waals surface area contributed by atoms with Crippen molar-refractivity contribution in [2.45, 2.75) is 32.8 Å². The van der Waals surface area contributed by atoms with Crippen LogP contribution in [-0.2, 0) is 24.2 Å². The van der Waals surface area contributed by atoms with Crippen molar-refractivity contribution in [3.8, 4) is 0 Å². The van der Waals surface area contributed by atoms with Crippen LogP contribution in [0, 0.1) is 0 Å². The average Bonchev–Trinajstić information content (AvgIpc) is 2.70. The van der Waals surface area contributed by atoms with Gasteiger partial charge in [-0.25, -0.2) is 4.98 Å². The van der Waals surface area contributed by atoms with Gasteiger partial charge in [0.25, 0.3) is 0 Å². The van der Waals surface area contributed by atoms with Crippen molar-refractivity contribution < 1.29 is 9.53 Å². The van der Waals surface area contributed by atoms with Crippen molar-refractivity contribution in [1.29, 1.82) is 0 Å². The second-order valence-electron chi connectivity index (χ2n) is 6.96. The quantitative estimate of drug-likeness (QED) is 0.633. The number of hydrogen-bond donors (Lipinski definition) is 0. The van der Waals surface area contributed by atoms with Gasteiger partial charge in [-0.15, -0.1) is 0 Å². The van der Waals surface area contributed by atoms with Crippen molar-refractivity contribution in [1.82, 2.24) is 4.98 Å². The van der Waals surface area contributed by atoms with Gasteiger partial charge in [0.05, 0.1) is 17.8 Å². The average molecular weight is 357 g/mol. The second kappa shape index (κ2) is 7.85. The van der Waals surface area contributed by atoms with Crippen LogP contribution in [-0.4, -0.2) is 17.4 Å². The van der Waals surface area contributed by atoms with Crippen LogP contribution in [0.4, 0.5) is 0 Å². The van der Waals surface area contributed by atoms with E-state index in [9.17, 15) is 4.79 Å². The number of hydrogen-bond acceptors (Lipinski definition) is 3. The van der Waals surface area contributed by atoms with Gasteiger partial charge in [-0.05, 0) is 48.1 Å². The maximum atomic E-state index is 11.9. The Labute approximate surface area is 159 Å². The lowest BCUT2D eigenvalue weighted by atomic mass is 10.0. The van der Waals surface area contributed by atoms with Crippen LogP contribution in [0.5, 0.6) is 0 Å². The molecule has 0 fully saturated rings. The number of carbonyl (C=O) groups excluding carboxylic acids is 1. The molecule has 1 aromatic heterocycles. The number of Topliss-reactive ketones (excluding diaryl/α,β-unsaturated/α-hetero) is 1. The molecule has 3 heteroatoms. The molecule has 0 unspecified atom stereocenters. The molecule has 0 saturated heterocycles. The summed E-state index contributed by atoms with van der Waals surface area (Å²) < 4.78 is 5.30. The number of carbonyl (C=O) groups is 1. The number of benzene rings is 2. The molecule has 3 nitrogen and oxygen atoms in total. The van der Waals surface area contributed by atoms with Crippen LogP contribution in [0.1, 0.15) is 46.1 Å². The van der Waals surface area contributed by atoms with Crippen LogP contribution < -0.4 is 0 Å². The Morgan fingerprint density at radius 3 is 2.67 bits per heavy atom. The molecule has 0 bridgehead atoms. The van der Waals surface area contributed by atoms with E-state index >= 15 is 0 Å². The number of aromatic nitrogens is 1. The Morgan fingerprint density at radius 2 is 1.85 bits per heavy atom. The summed E-state index contributed by atoms with van der Waals surface area (Å²) in [7, 11) is 0. The smallest absolute Gasteiger partial charge is 0.190 e. The van der Waals surface area contributed by atoms with E-state index in [-0.39, 0.29) is 12.4 Å². The molecule has 136 valence electrons. The summed E-state index contributed by atoms with van der Waals surface area (Å²) in [6.07, 6.45) is 7.48. The van der Waals surface area contributed by atoms with Gasteiger partial charge in [0, 0.05) is 10.9 Å². The number of allylic oxidation sites excluding steroid dienone is 1. The van der Waals surface area contributed by atoms with Crippen molar-refractivity contribution in [3.05, 3.63) is 82.6 Å². The van der Waals surface area contributed by atoms with E-state index in [2.05, 4.69) is 60.5 Å². The molecule has 2 aromatic carbocycles. The zero-order chi connectivity index (χ0) is 18.6. The molecule has 2 heterocycles. The number of ketones is 1. The summed E-state index contributed by atoms with van der Waals surface area (Å²) in [5.41, 5.74) is 6.23. The van der Waals surface area contributed by atoms with E-state index in [1.54, 1.807) is 0 Å². The maximum absolute atomic E-state index is 11.9. The third-order valence-corrected chi connectivity index (χ3v) is 5.03. The number of pyridine rings is 1. The lowest BCUT2D eigenvalue weighted by molar-refractivity contribution is 0.0656. The topological polar surface area (TPSA) is 39.2 Å². The van der Waals surface area contributed by atoms with Gasteiger partial charge < -0.3 is 4.74 Å². The zero-order valence-electron chi connectivity index (χ0n) is 15.6. The molecule has 0 N–H and O–H groups in total. The van der Waals surface area contributed by atoms with Crippen LogP contribution in [0.3, 0.4) is 0 Å². The fraction of sp³-hybridized carbons (Fsp3) is 0.250. The highest BCUT2D eigenvalue weighted by atomic mass is 16.5. The first-order valence-corrected chi connectivity index (χ1v) is 9.52. The van der Waals surface area contributed by atoms with Gasteiger partial charge in [0.1, 0.15) is 6.61 Å². The van der Waals surface area contributed by atoms with E-state index in [0.29, 0.717) is 12.2 Å². The molecule has 0 atom stereocenters. The molecule has 1 aliphatic heterocycles. The van der Waals surface area contributed by atoms with E-state index in [1.165, 1.54) is 11.1 Å². The van der Waals surface area contributed by atoms with Gasteiger partial charge in [-0.1, -0.05) is 55.5 Å². The zero-order valence-corrected chi connectivity index (χ0v) is 15.6. The minimum absolute atomic E-state index is 0.0154.